The molecule has 0 saturated heterocycles. The Morgan fingerprint density at radius 3 is 2.50 bits per heavy atom. The zero-order valence-electron chi connectivity index (χ0n) is 11.0. The fourth-order valence-electron chi connectivity index (χ4n) is 2.58. The Morgan fingerprint density at radius 1 is 1.28 bits per heavy atom. The molecule has 0 aliphatic heterocycles. The first-order valence-electron chi connectivity index (χ1n) is 6.46. The molecule has 0 unspecified atom stereocenters. The van der Waals surface area contributed by atoms with E-state index in [4.69, 9.17) is 22.3 Å². The number of hydrogen-bond donors (Lipinski definition) is 1. The van der Waals surface area contributed by atoms with E-state index in [1.54, 1.807) is 0 Å². The van der Waals surface area contributed by atoms with Crippen molar-refractivity contribution in [2.45, 2.75) is 44.8 Å². The molecular formula is C14H21ClN2O. The average molecular weight is 269 g/mol. The lowest BCUT2D eigenvalue weighted by molar-refractivity contribution is 0.0243. The van der Waals surface area contributed by atoms with Gasteiger partial charge in [-0.25, -0.2) is 5.90 Å². The maximum atomic E-state index is 6.18. The number of nitrogens with zero attached hydrogens (tertiary/aromatic N) is 1. The normalized spacial score (nSPS) is 24.0. The molecule has 1 fully saturated rings. The van der Waals surface area contributed by atoms with Crippen LogP contribution < -0.4 is 10.8 Å². The number of nitrogens with two attached hydrogens (primary N) is 1. The fraction of sp³-hybridized carbons (Fsp3) is 0.571. The number of benzene rings is 1. The zero-order valence-corrected chi connectivity index (χ0v) is 11.8. The van der Waals surface area contributed by atoms with Gasteiger partial charge >= 0.3 is 0 Å². The van der Waals surface area contributed by atoms with Crippen molar-refractivity contribution in [2.75, 3.05) is 11.9 Å². The summed E-state index contributed by atoms with van der Waals surface area (Å²) < 4.78 is 0. The van der Waals surface area contributed by atoms with Crippen LogP contribution in [0.5, 0.6) is 0 Å². The van der Waals surface area contributed by atoms with Gasteiger partial charge < -0.3 is 9.74 Å². The number of rotatable bonds is 3. The van der Waals surface area contributed by atoms with Gasteiger partial charge in [-0.05, 0) is 50.3 Å². The van der Waals surface area contributed by atoms with Crippen molar-refractivity contribution in [3.8, 4) is 0 Å². The van der Waals surface area contributed by atoms with Gasteiger partial charge in [0.05, 0.1) is 6.10 Å². The van der Waals surface area contributed by atoms with Crippen molar-refractivity contribution in [1.29, 1.82) is 0 Å². The molecular weight excluding hydrogens is 248 g/mol. The van der Waals surface area contributed by atoms with Crippen LogP contribution in [-0.4, -0.2) is 19.2 Å². The molecule has 1 aromatic rings. The first-order chi connectivity index (χ1) is 8.61. The highest BCUT2D eigenvalue weighted by Gasteiger charge is 2.24. The van der Waals surface area contributed by atoms with Gasteiger partial charge in [0.15, 0.2) is 0 Å². The Morgan fingerprint density at radius 2 is 1.94 bits per heavy atom. The number of anilines is 1. The van der Waals surface area contributed by atoms with E-state index < -0.39 is 0 Å². The molecule has 0 heterocycles. The van der Waals surface area contributed by atoms with Gasteiger partial charge in [-0.2, -0.15) is 0 Å². The Hall–Kier alpha value is -0.770. The van der Waals surface area contributed by atoms with Crippen molar-refractivity contribution in [1.82, 2.24) is 0 Å². The van der Waals surface area contributed by atoms with Crippen LogP contribution in [0.2, 0.25) is 5.02 Å². The fourth-order valence-corrected chi connectivity index (χ4v) is 2.76. The number of aryl methyl sites for hydroxylation is 1. The van der Waals surface area contributed by atoms with Crippen molar-refractivity contribution in [3.05, 3.63) is 28.8 Å². The number of hydrogen-bond acceptors (Lipinski definition) is 3. The summed E-state index contributed by atoms with van der Waals surface area (Å²) in [7, 11) is 2.13. The van der Waals surface area contributed by atoms with E-state index in [1.807, 2.05) is 13.0 Å². The van der Waals surface area contributed by atoms with E-state index in [0.29, 0.717) is 6.04 Å². The van der Waals surface area contributed by atoms with Gasteiger partial charge in [-0.15, -0.1) is 0 Å². The summed E-state index contributed by atoms with van der Waals surface area (Å²) in [6.07, 6.45) is 4.53. The predicted molar refractivity (Wildman–Crippen MR) is 75.9 cm³/mol. The van der Waals surface area contributed by atoms with Gasteiger partial charge in [0.2, 0.25) is 0 Å². The third-order valence-corrected chi connectivity index (χ3v) is 4.35. The van der Waals surface area contributed by atoms with Gasteiger partial charge in [-0.3, -0.25) is 0 Å². The average Bonchev–Trinajstić information content (AvgIpc) is 2.41. The van der Waals surface area contributed by atoms with Crippen LogP contribution in [0.4, 0.5) is 5.69 Å². The smallest absolute Gasteiger partial charge is 0.0789 e. The standard InChI is InChI=1S/C14H21ClN2O/c1-10-3-4-12(9-14(10)15)17(2)11-5-7-13(18-16)8-6-11/h3-4,9,11,13H,5-8,16H2,1-2H3. The summed E-state index contributed by atoms with van der Waals surface area (Å²) in [6, 6.07) is 6.80. The quantitative estimate of drug-likeness (QED) is 0.855. The van der Waals surface area contributed by atoms with Crippen LogP contribution in [0.15, 0.2) is 18.2 Å². The molecule has 3 nitrogen and oxygen atoms in total. The van der Waals surface area contributed by atoms with Gasteiger partial charge in [0.25, 0.3) is 0 Å². The highest BCUT2D eigenvalue weighted by atomic mass is 35.5. The Kier molecular flexibility index (Phi) is 4.49. The minimum absolute atomic E-state index is 0.233. The molecule has 1 saturated carbocycles. The summed E-state index contributed by atoms with van der Waals surface area (Å²) in [5.41, 5.74) is 2.30. The lowest BCUT2D eigenvalue weighted by Crippen LogP contribution is -2.37. The van der Waals surface area contributed by atoms with E-state index in [-0.39, 0.29) is 6.10 Å². The van der Waals surface area contributed by atoms with Gasteiger partial charge in [-0.1, -0.05) is 17.7 Å². The highest BCUT2D eigenvalue weighted by Crippen LogP contribution is 2.29. The van der Waals surface area contributed by atoms with Crippen LogP contribution >= 0.6 is 11.6 Å². The summed E-state index contributed by atoms with van der Waals surface area (Å²) in [5, 5.41) is 0.832. The highest BCUT2D eigenvalue weighted by molar-refractivity contribution is 6.31. The van der Waals surface area contributed by atoms with Crippen molar-refractivity contribution in [3.63, 3.8) is 0 Å². The molecule has 18 heavy (non-hydrogen) atoms. The second-order valence-electron chi connectivity index (χ2n) is 5.11. The van der Waals surface area contributed by atoms with Crippen molar-refractivity contribution in [2.24, 2.45) is 5.90 Å². The van der Waals surface area contributed by atoms with Crippen LogP contribution in [0.1, 0.15) is 31.2 Å². The second kappa shape index (κ2) is 5.91. The number of halogens is 1. The molecule has 0 aromatic heterocycles. The monoisotopic (exact) mass is 268 g/mol. The molecule has 0 bridgehead atoms. The topological polar surface area (TPSA) is 38.5 Å². The molecule has 0 atom stereocenters. The molecule has 1 aliphatic carbocycles. The largest absolute Gasteiger partial charge is 0.372 e. The Bertz CT molecular complexity index is 403. The molecule has 0 radical (unpaired) electrons. The maximum absolute atomic E-state index is 6.18. The lowest BCUT2D eigenvalue weighted by Gasteiger charge is -2.35. The molecule has 0 amide bonds. The van der Waals surface area contributed by atoms with E-state index in [9.17, 15) is 0 Å². The third kappa shape index (κ3) is 2.97. The molecule has 1 aromatic carbocycles. The minimum atomic E-state index is 0.233. The minimum Gasteiger partial charge on any atom is -0.372 e. The lowest BCUT2D eigenvalue weighted by atomic mass is 9.92. The Balaban J connectivity index is 2.03. The Labute approximate surface area is 114 Å². The zero-order chi connectivity index (χ0) is 13.1. The molecule has 2 rings (SSSR count). The van der Waals surface area contributed by atoms with E-state index >= 15 is 0 Å². The molecule has 1 aliphatic rings. The first-order valence-corrected chi connectivity index (χ1v) is 6.84. The van der Waals surface area contributed by atoms with Crippen LogP contribution in [-0.2, 0) is 4.84 Å². The van der Waals surface area contributed by atoms with Gasteiger partial charge in [0.1, 0.15) is 0 Å². The molecule has 0 spiro atoms. The second-order valence-corrected chi connectivity index (χ2v) is 5.52. The third-order valence-electron chi connectivity index (χ3n) is 3.95. The summed E-state index contributed by atoms with van der Waals surface area (Å²) in [4.78, 5) is 7.24. The summed E-state index contributed by atoms with van der Waals surface area (Å²) >= 11 is 6.18. The summed E-state index contributed by atoms with van der Waals surface area (Å²) in [5.74, 6) is 5.24. The van der Waals surface area contributed by atoms with Gasteiger partial charge in [0, 0.05) is 23.8 Å². The molecule has 100 valence electrons. The van der Waals surface area contributed by atoms with Crippen LogP contribution in [0, 0.1) is 6.92 Å². The van der Waals surface area contributed by atoms with E-state index in [2.05, 4.69) is 24.1 Å². The first kappa shape index (κ1) is 13.7. The molecule has 4 heteroatoms. The summed E-state index contributed by atoms with van der Waals surface area (Å²) in [6.45, 7) is 2.02. The SMILES string of the molecule is Cc1ccc(N(C)C2CCC(ON)CC2)cc1Cl. The van der Waals surface area contributed by atoms with Crippen LogP contribution in [0.3, 0.4) is 0 Å². The van der Waals surface area contributed by atoms with E-state index in [0.717, 1.165) is 36.3 Å². The maximum Gasteiger partial charge on any atom is 0.0789 e. The van der Waals surface area contributed by atoms with Crippen molar-refractivity contribution < 1.29 is 4.84 Å². The molecule has 2 N–H and O–H groups in total. The predicted octanol–water partition coefficient (Wildman–Crippen LogP) is 3.29. The van der Waals surface area contributed by atoms with Crippen LogP contribution in [0.25, 0.3) is 0 Å². The van der Waals surface area contributed by atoms with E-state index in [1.165, 1.54) is 5.69 Å². The van der Waals surface area contributed by atoms with Crippen molar-refractivity contribution >= 4 is 17.3 Å².